The average Bonchev–Trinajstić information content (AvgIpc) is 3.04. The lowest BCUT2D eigenvalue weighted by molar-refractivity contribution is 0.0318. The molecule has 1 aliphatic heterocycles. The monoisotopic (exact) mass is 326 g/mol. The van der Waals surface area contributed by atoms with E-state index >= 15 is 0 Å². The number of benzene rings is 2. The maximum absolute atomic E-state index is 12.4. The molecular formula is C19H18O5. The third kappa shape index (κ3) is 3.11. The topological polar surface area (TPSA) is 61.8 Å². The lowest BCUT2D eigenvalue weighted by Crippen LogP contribution is -2.24. The van der Waals surface area contributed by atoms with Crippen LogP contribution in [0.5, 0.6) is 11.5 Å². The van der Waals surface area contributed by atoms with Gasteiger partial charge in [0.1, 0.15) is 0 Å². The average molecular weight is 326 g/mol. The summed E-state index contributed by atoms with van der Waals surface area (Å²) in [6.45, 7) is 5.62. The maximum atomic E-state index is 12.4. The highest BCUT2D eigenvalue weighted by atomic mass is 16.7. The van der Waals surface area contributed by atoms with Crippen molar-refractivity contribution in [1.29, 1.82) is 0 Å². The Bertz CT molecular complexity index is 809. The zero-order valence-electron chi connectivity index (χ0n) is 13.8. The molecule has 0 aromatic heterocycles. The Morgan fingerprint density at radius 1 is 0.958 bits per heavy atom. The number of esters is 1. The lowest BCUT2D eigenvalue weighted by atomic mass is 10.0. The van der Waals surface area contributed by atoms with Gasteiger partial charge in [-0.05, 0) is 56.2 Å². The van der Waals surface area contributed by atoms with Crippen molar-refractivity contribution in [3.63, 3.8) is 0 Å². The van der Waals surface area contributed by atoms with Crippen molar-refractivity contribution < 1.29 is 23.8 Å². The number of carbonyl (C=O) groups is 2. The van der Waals surface area contributed by atoms with Crippen LogP contribution in [0.2, 0.25) is 0 Å². The van der Waals surface area contributed by atoms with Crippen LogP contribution in [-0.2, 0) is 4.74 Å². The number of rotatable bonds is 4. The Balaban J connectivity index is 1.71. The molecule has 1 aliphatic rings. The first-order valence-corrected chi connectivity index (χ1v) is 7.68. The van der Waals surface area contributed by atoms with E-state index in [9.17, 15) is 9.59 Å². The van der Waals surface area contributed by atoms with Gasteiger partial charge in [0.25, 0.3) is 0 Å². The normalized spacial score (nSPS) is 13.5. The summed E-state index contributed by atoms with van der Waals surface area (Å²) in [7, 11) is 0. The van der Waals surface area contributed by atoms with Crippen molar-refractivity contribution in [2.45, 2.75) is 26.9 Å². The summed E-state index contributed by atoms with van der Waals surface area (Å²) in [4.78, 5) is 24.7. The van der Waals surface area contributed by atoms with Gasteiger partial charge in [0.05, 0.1) is 5.56 Å². The highest BCUT2D eigenvalue weighted by Gasteiger charge is 2.22. The Kier molecular flexibility index (Phi) is 4.25. The van der Waals surface area contributed by atoms with Gasteiger partial charge in [-0.1, -0.05) is 12.1 Å². The fraction of sp³-hybridized carbons (Fsp3) is 0.263. The van der Waals surface area contributed by atoms with Gasteiger partial charge in [0, 0.05) is 5.56 Å². The van der Waals surface area contributed by atoms with Crippen LogP contribution in [0, 0.1) is 13.8 Å². The summed E-state index contributed by atoms with van der Waals surface area (Å²) in [5.74, 6) is 0.286. The zero-order valence-corrected chi connectivity index (χ0v) is 13.8. The SMILES string of the molecule is Cc1ccc(C(=O)[C@@H](C)OC(=O)c2ccc3c(c2)OCO3)cc1C. The molecule has 0 bridgehead atoms. The van der Waals surface area contributed by atoms with Crippen molar-refractivity contribution in [2.75, 3.05) is 6.79 Å². The molecule has 24 heavy (non-hydrogen) atoms. The van der Waals surface area contributed by atoms with Gasteiger partial charge in [-0.2, -0.15) is 0 Å². The smallest absolute Gasteiger partial charge is 0.338 e. The van der Waals surface area contributed by atoms with Crippen LogP contribution >= 0.6 is 0 Å². The van der Waals surface area contributed by atoms with Crippen molar-refractivity contribution in [2.24, 2.45) is 0 Å². The quantitative estimate of drug-likeness (QED) is 0.636. The highest BCUT2D eigenvalue weighted by molar-refractivity contribution is 6.01. The van der Waals surface area contributed by atoms with Crippen LogP contribution < -0.4 is 9.47 Å². The van der Waals surface area contributed by atoms with Gasteiger partial charge in [-0.15, -0.1) is 0 Å². The number of ether oxygens (including phenoxy) is 3. The second kappa shape index (κ2) is 6.35. The largest absolute Gasteiger partial charge is 0.454 e. The molecule has 2 aromatic carbocycles. The van der Waals surface area contributed by atoms with Gasteiger partial charge in [0.2, 0.25) is 12.6 Å². The van der Waals surface area contributed by atoms with E-state index in [-0.39, 0.29) is 12.6 Å². The van der Waals surface area contributed by atoms with E-state index in [0.717, 1.165) is 11.1 Å². The molecule has 0 unspecified atom stereocenters. The lowest BCUT2D eigenvalue weighted by Gasteiger charge is -2.13. The van der Waals surface area contributed by atoms with Gasteiger partial charge >= 0.3 is 5.97 Å². The molecule has 5 nitrogen and oxygen atoms in total. The molecule has 1 heterocycles. The predicted molar refractivity (Wildman–Crippen MR) is 87.7 cm³/mol. The molecule has 1 atom stereocenters. The van der Waals surface area contributed by atoms with Gasteiger partial charge in [0.15, 0.2) is 17.6 Å². The number of fused-ring (bicyclic) bond motifs is 1. The molecule has 0 radical (unpaired) electrons. The van der Waals surface area contributed by atoms with E-state index in [1.807, 2.05) is 26.0 Å². The maximum Gasteiger partial charge on any atom is 0.338 e. The summed E-state index contributed by atoms with van der Waals surface area (Å²) in [5, 5.41) is 0. The summed E-state index contributed by atoms with van der Waals surface area (Å²) in [6, 6.07) is 10.2. The summed E-state index contributed by atoms with van der Waals surface area (Å²) >= 11 is 0. The third-order valence-electron chi connectivity index (χ3n) is 4.05. The van der Waals surface area contributed by atoms with Crippen LogP contribution in [-0.4, -0.2) is 24.6 Å². The standard InChI is InChI=1S/C19H18O5/c1-11-4-5-14(8-12(11)2)18(20)13(3)24-19(21)15-6-7-16-17(9-15)23-10-22-16/h4-9,13H,10H2,1-3H3/t13-/m1/s1. The first-order valence-electron chi connectivity index (χ1n) is 7.68. The van der Waals surface area contributed by atoms with Crippen molar-refractivity contribution >= 4 is 11.8 Å². The third-order valence-corrected chi connectivity index (χ3v) is 4.05. The first kappa shape index (κ1) is 16.1. The Labute approximate surface area is 140 Å². The molecule has 3 rings (SSSR count). The molecule has 0 saturated heterocycles. The molecule has 0 spiro atoms. The number of carbonyl (C=O) groups excluding carboxylic acids is 2. The van der Waals surface area contributed by atoms with Crippen LogP contribution in [0.3, 0.4) is 0 Å². The van der Waals surface area contributed by atoms with E-state index in [0.29, 0.717) is 22.6 Å². The number of aryl methyl sites for hydroxylation is 2. The van der Waals surface area contributed by atoms with Gasteiger partial charge < -0.3 is 14.2 Å². The second-order valence-corrected chi connectivity index (χ2v) is 5.78. The van der Waals surface area contributed by atoms with E-state index in [2.05, 4.69) is 0 Å². The van der Waals surface area contributed by atoms with Crippen molar-refractivity contribution in [1.82, 2.24) is 0 Å². The summed E-state index contributed by atoms with van der Waals surface area (Å²) in [6.07, 6.45) is -0.870. The van der Waals surface area contributed by atoms with Crippen LogP contribution in [0.4, 0.5) is 0 Å². The van der Waals surface area contributed by atoms with Gasteiger partial charge in [-0.25, -0.2) is 4.79 Å². The van der Waals surface area contributed by atoms with E-state index < -0.39 is 12.1 Å². The number of hydrogen-bond donors (Lipinski definition) is 0. The van der Waals surface area contributed by atoms with E-state index in [1.54, 1.807) is 31.2 Å². The Morgan fingerprint density at radius 2 is 1.67 bits per heavy atom. The van der Waals surface area contributed by atoms with E-state index in [4.69, 9.17) is 14.2 Å². The molecule has 0 N–H and O–H groups in total. The molecule has 0 aliphatic carbocycles. The number of hydrogen-bond acceptors (Lipinski definition) is 5. The zero-order chi connectivity index (χ0) is 17.3. The number of Topliss-reactive ketones (excluding diaryl/α,β-unsaturated/α-hetero) is 1. The fourth-order valence-electron chi connectivity index (χ4n) is 2.44. The molecular weight excluding hydrogens is 308 g/mol. The second-order valence-electron chi connectivity index (χ2n) is 5.78. The Morgan fingerprint density at radius 3 is 2.42 bits per heavy atom. The number of ketones is 1. The molecule has 2 aromatic rings. The summed E-state index contributed by atoms with van der Waals surface area (Å²) in [5.41, 5.74) is 2.98. The summed E-state index contributed by atoms with van der Waals surface area (Å²) < 4.78 is 15.7. The van der Waals surface area contributed by atoms with Gasteiger partial charge in [-0.3, -0.25) is 4.79 Å². The Hall–Kier alpha value is -2.82. The van der Waals surface area contributed by atoms with Crippen molar-refractivity contribution in [3.05, 3.63) is 58.7 Å². The highest BCUT2D eigenvalue weighted by Crippen LogP contribution is 2.32. The molecule has 0 saturated carbocycles. The fourth-order valence-corrected chi connectivity index (χ4v) is 2.44. The molecule has 5 heteroatoms. The first-order chi connectivity index (χ1) is 11.5. The predicted octanol–water partition coefficient (Wildman–Crippen LogP) is 3.46. The van der Waals surface area contributed by atoms with Crippen LogP contribution in [0.15, 0.2) is 36.4 Å². The van der Waals surface area contributed by atoms with Crippen molar-refractivity contribution in [3.8, 4) is 11.5 Å². The van der Waals surface area contributed by atoms with E-state index in [1.165, 1.54) is 0 Å². The minimum atomic E-state index is -0.870. The molecule has 124 valence electrons. The molecule has 0 amide bonds. The molecule has 0 fully saturated rings. The van der Waals surface area contributed by atoms with Crippen LogP contribution in [0.1, 0.15) is 38.8 Å². The van der Waals surface area contributed by atoms with Crippen LogP contribution in [0.25, 0.3) is 0 Å². The minimum Gasteiger partial charge on any atom is -0.454 e. The minimum absolute atomic E-state index is 0.134.